The lowest BCUT2D eigenvalue weighted by molar-refractivity contribution is -0.0688. The Balaban J connectivity index is 1.79. The van der Waals surface area contributed by atoms with Crippen molar-refractivity contribution in [1.29, 1.82) is 0 Å². The Bertz CT molecular complexity index is 800. The molecule has 2 aromatic rings. The largest absolute Gasteiger partial charge is 0.492 e. The van der Waals surface area contributed by atoms with Gasteiger partial charge in [0.15, 0.2) is 17.8 Å². The van der Waals surface area contributed by atoms with E-state index in [0.29, 0.717) is 24.2 Å². The monoisotopic (exact) mass is 356 g/mol. The van der Waals surface area contributed by atoms with E-state index in [1.165, 1.54) is 18.7 Å². The summed E-state index contributed by atoms with van der Waals surface area (Å²) < 4.78 is 15.9. The van der Waals surface area contributed by atoms with Crippen molar-refractivity contribution < 1.29 is 28.9 Å². The molecule has 6 heteroatoms. The van der Waals surface area contributed by atoms with Gasteiger partial charge in [-0.15, -0.1) is 0 Å². The smallest absolute Gasteiger partial charge is 0.340 e. The maximum absolute atomic E-state index is 12.0. The average Bonchev–Trinajstić information content (AvgIpc) is 2.65. The second kappa shape index (κ2) is 8.01. The van der Waals surface area contributed by atoms with Crippen LogP contribution in [0.1, 0.15) is 38.3 Å². The van der Waals surface area contributed by atoms with Gasteiger partial charge in [-0.25, -0.2) is 4.79 Å². The van der Waals surface area contributed by atoms with Crippen molar-refractivity contribution in [2.75, 3.05) is 13.7 Å². The molecule has 1 unspecified atom stereocenters. The lowest BCUT2D eigenvalue weighted by Crippen LogP contribution is -2.28. The van der Waals surface area contributed by atoms with E-state index in [1.54, 1.807) is 0 Å². The third kappa shape index (κ3) is 3.70. The fourth-order valence-electron chi connectivity index (χ4n) is 3.05. The van der Waals surface area contributed by atoms with Crippen molar-refractivity contribution in [2.45, 2.75) is 25.6 Å². The number of aryl methyl sites for hydroxylation is 1. The van der Waals surface area contributed by atoms with Gasteiger partial charge in [-0.1, -0.05) is 30.3 Å². The van der Waals surface area contributed by atoms with Crippen LogP contribution in [0, 0.1) is 0 Å². The van der Waals surface area contributed by atoms with Crippen LogP contribution in [-0.4, -0.2) is 37.4 Å². The van der Waals surface area contributed by atoms with Gasteiger partial charge in [0.05, 0.1) is 24.8 Å². The number of hydrogen-bond acceptors (Lipinski definition) is 6. The first-order valence-corrected chi connectivity index (χ1v) is 8.39. The minimum Gasteiger partial charge on any atom is -0.492 e. The number of carbonyl (C=O) groups excluding carboxylic acids is 2. The molecule has 0 saturated carbocycles. The first-order chi connectivity index (χ1) is 12.6. The number of fused-ring (bicyclic) bond motifs is 1. The van der Waals surface area contributed by atoms with Gasteiger partial charge in [0, 0.05) is 6.42 Å². The molecule has 6 nitrogen and oxygen atoms in total. The van der Waals surface area contributed by atoms with Crippen molar-refractivity contribution in [1.82, 2.24) is 0 Å². The summed E-state index contributed by atoms with van der Waals surface area (Å²) in [5.41, 5.74) is 2.05. The van der Waals surface area contributed by atoms with Crippen molar-refractivity contribution >= 4 is 12.3 Å². The summed E-state index contributed by atoms with van der Waals surface area (Å²) in [6.07, 6.45) is 1.00. The summed E-state index contributed by atoms with van der Waals surface area (Å²) in [5.74, 6) is -0.103. The highest BCUT2D eigenvalue weighted by molar-refractivity contribution is 5.97. The predicted octanol–water partition coefficient (Wildman–Crippen LogP) is 2.55. The van der Waals surface area contributed by atoms with Crippen LogP contribution in [0.3, 0.4) is 0 Å². The highest BCUT2D eigenvalue weighted by Gasteiger charge is 2.31. The standard InChI is InChI=1S/C20H20O6/c1-24-19-16(12-21)14-11-18(22)26-20(23)15(14)10-17(19)25-9-5-8-13-6-3-2-4-7-13/h2-4,6-7,10,12,18,22H,5,8-9,11H2,1H3. The second-order valence-corrected chi connectivity index (χ2v) is 5.97. The van der Waals surface area contributed by atoms with Gasteiger partial charge in [0.25, 0.3) is 0 Å². The molecule has 0 bridgehead atoms. The Hall–Kier alpha value is -2.86. The molecule has 1 aliphatic heterocycles. The number of cyclic esters (lactones) is 1. The molecule has 0 fully saturated rings. The number of hydrogen-bond donors (Lipinski definition) is 1. The Kier molecular flexibility index (Phi) is 5.53. The van der Waals surface area contributed by atoms with Gasteiger partial charge in [-0.2, -0.15) is 0 Å². The van der Waals surface area contributed by atoms with E-state index in [1.807, 2.05) is 30.3 Å². The Morgan fingerprint density at radius 1 is 1.31 bits per heavy atom. The Morgan fingerprint density at radius 2 is 2.08 bits per heavy atom. The van der Waals surface area contributed by atoms with E-state index < -0.39 is 12.3 Å². The number of ether oxygens (including phenoxy) is 3. The molecule has 0 saturated heterocycles. The van der Waals surface area contributed by atoms with E-state index in [4.69, 9.17) is 14.2 Å². The van der Waals surface area contributed by atoms with Gasteiger partial charge in [-0.3, -0.25) is 4.79 Å². The van der Waals surface area contributed by atoms with Gasteiger partial charge in [-0.05, 0) is 30.0 Å². The second-order valence-electron chi connectivity index (χ2n) is 5.97. The fourth-order valence-corrected chi connectivity index (χ4v) is 3.05. The molecule has 0 aliphatic carbocycles. The molecule has 1 aliphatic rings. The molecule has 3 rings (SSSR count). The summed E-state index contributed by atoms with van der Waals surface area (Å²) in [6, 6.07) is 11.5. The minimum atomic E-state index is -1.27. The Morgan fingerprint density at radius 3 is 2.77 bits per heavy atom. The van der Waals surface area contributed by atoms with Crippen LogP contribution >= 0.6 is 0 Å². The summed E-state index contributed by atoms with van der Waals surface area (Å²) in [4.78, 5) is 23.6. The SMILES string of the molecule is COc1c(OCCCc2ccccc2)cc2c(c1C=O)CC(O)OC2=O. The molecular formula is C20H20O6. The van der Waals surface area contributed by atoms with E-state index in [0.717, 1.165) is 12.8 Å². The van der Waals surface area contributed by atoms with Crippen LogP contribution in [0.25, 0.3) is 0 Å². The van der Waals surface area contributed by atoms with Crippen LogP contribution in [0.4, 0.5) is 0 Å². The van der Waals surface area contributed by atoms with Crippen molar-refractivity contribution in [3.63, 3.8) is 0 Å². The lowest BCUT2D eigenvalue weighted by Gasteiger charge is -2.24. The number of aliphatic hydroxyl groups is 1. The van der Waals surface area contributed by atoms with Crippen LogP contribution in [0.2, 0.25) is 0 Å². The number of methoxy groups -OCH3 is 1. The van der Waals surface area contributed by atoms with E-state index in [2.05, 4.69) is 0 Å². The molecule has 2 aromatic carbocycles. The van der Waals surface area contributed by atoms with Crippen LogP contribution in [0.15, 0.2) is 36.4 Å². The zero-order chi connectivity index (χ0) is 18.5. The molecule has 0 aromatic heterocycles. The predicted molar refractivity (Wildman–Crippen MR) is 93.8 cm³/mol. The summed E-state index contributed by atoms with van der Waals surface area (Å²) in [6.45, 7) is 0.403. The topological polar surface area (TPSA) is 82.1 Å². The number of benzene rings is 2. The molecule has 0 spiro atoms. The highest BCUT2D eigenvalue weighted by atomic mass is 16.6. The molecule has 0 amide bonds. The summed E-state index contributed by atoms with van der Waals surface area (Å²) in [7, 11) is 1.43. The highest BCUT2D eigenvalue weighted by Crippen LogP contribution is 2.38. The van der Waals surface area contributed by atoms with E-state index in [-0.39, 0.29) is 23.3 Å². The Labute approximate surface area is 151 Å². The summed E-state index contributed by atoms with van der Waals surface area (Å²) >= 11 is 0. The van der Waals surface area contributed by atoms with E-state index >= 15 is 0 Å². The maximum atomic E-state index is 12.0. The normalized spacial score (nSPS) is 15.8. The van der Waals surface area contributed by atoms with E-state index in [9.17, 15) is 14.7 Å². The summed E-state index contributed by atoms with van der Waals surface area (Å²) in [5, 5.41) is 9.63. The zero-order valence-corrected chi connectivity index (χ0v) is 14.4. The first-order valence-electron chi connectivity index (χ1n) is 8.39. The molecule has 136 valence electrons. The molecular weight excluding hydrogens is 336 g/mol. The zero-order valence-electron chi connectivity index (χ0n) is 14.4. The third-order valence-corrected chi connectivity index (χ3v) is 4.27. The number of aldehydes is 1. The van der Waals surface area contributed by atoms with Crippen molar-refractivity contribution in [3.8, 4) is 11.5 Å². The van der Waals surface area contributed by atoms with Crippen molar-refractivity contribution in [3.05, 3.63) is 58.7 Å². The number of carbonyl (C=O) groups is 2. The number of esters is 1. The van der Waals surface area contributed by atoms with Crippen LogP contribution in [-0.2, 0) is 17.6 Å². The van der Waals surface area contributed by atoms with Gasteiger partial charge >= 0.3 is 5.97 Å². The van der Waals surface area contributed by atoms with Gasteiger partial charge < -0.3 is 19.3 Å². The fraction of sp³-hybridized carbons (Fsp3) is 0.300. The lowest BCUT2D eigenvalue weighted by atomic mass is 9.95. The quantitative estimate of drug-likeness (QED) is 0.466. The molecule has 1 N–H and O–H groups in total. The number of rotatable bonds is 7. The van der Waals surface area contributed by atoms with Gasteiger partial charge in [0.1, 0.15) is 0 Å². The minimum absolute atomic E-state index is 0.0415. The first kappa shape index (κ1) is 17.9. The molecule has 1 heterocycles. The van der Waals surface area contributed by atoms with Crippen LogP contribution in [0.5, 0.6) is 11.5 Å². The molecule has 0 radical (unpaired) electrons. The maximum Gasteiger partial charge on any atom is 0.340 e. The third-order valence-electron chi connectivity index (χ3n) is 4.27. The molecule has 1 atom stereocenters. The number of aliphatic hydroxyl groups excluding tert-OH is 1. The van der Waals surface area contributed by atoms with Crippen LogP contribution < -0.4 is 9.47 Å². The van der Waals surface area contributed by atoms with Crippen molar-refractivity contribution in [2.24, 2.45) is 0 Å². The van der Waals surface area contributed by atoms with Gasteiger partial charge in [0.2, 0.25) is 6.29 Å². The molecule has 26 heavy (non-hydrogen) atoms. The average molecular weight is 356 g/mol.